The summed E-state index contributed by atoms with van der Waals surface area (Å²) >= 11 is 0. The molecule has 5 nitrogen and oxygen atoms in total. The fourth-order valence-electron chi connectivity index (χ4n) is 3.38. The van der Waals surface area contributed by atoms with Crippen molar-refractivity contribution in [2.24, 2.45) is 0 Å². The highest BCUT2D eigenvalue weighted by Crippen LogP contribution is 2.23. The van der Waals surface area contributed by atoms with E-state index in [0.717, 1.165) is 41.9 Å². The number of ether oxygens (including phenoxy) is 1. The summed E-state index contributed by atoms with van der Waals surface area (Å²) in [6.45, 7) is 6.05. The van der Waals surface area contributed by atoms with E-state index in [1.807, 2.05) is 38.1 Å². The Morgan fingerprint density at radius 2 is 2.00 bits per heavy atom. The summed E-state index contributed by atoms with van der Waals surface area (Å²) in [4.78, 5) is 23.7. The second-order valence-corrected chi connectivity index (χ2v) is 6.37. The Morgan fingerprint density at radius 1 is 1.25 bits per heavy atom. The molecule has 0 N–H and O–H groups in total. The number of nitrogens with zero attached hydrogens (tertiary/aromatic N) is 3. The molecular weight excluding hydrogens is 302 g/mol. The molecule has 0 unspecified atom stereocenters. The smallest absolute Gasteiger partial charge is 0.307 e. The monoisotopic (exact) mass is 327 g/mol. The number of aryl methyl sites for hydroxylation is 1. The van der Waals surface area contributed by atoms with Crippen molar-refractivity contribution in [3.05, 3.63) is 35.7 Å². The van der Waals surface area contributed by atoms with E-state index in [4.69, 9.17) is 9.72 Å². The molecule has 0 saturated carbocycles. The quantitative estimate of drug-likeness (QED) is 0.789. The molecule has 1 saturated heterocycles. The minimum absolute atomic E-state index is 0.101. The third-order valence-corrected chi connectivity index (χ3v) is 4.65. The van der Waals surface area contributed by atoms with E-state index in [1.165, 1.54) is 12.8 Å². The summed E-state index contributed by atoms with van der Waals surface area (Å²) in [5.74, 6) is -0.101. The number of aromatic nitrogens is 2. The van der Waals surface area contributed by atoms with Gasteiger partial charge in [-0.05, 0) is 45.4 Å². The van der Waals surface area contributed by atoms with Crippen molar-refractivity contribution in [3.8, 4) is 0 Å². The molecule has 1 aromatic heterocycles. The van der Waals surface area contributed by atoms with Crippen LogP contribution in [0.3, 0.4) is 0 Å². The zero-order chi connectivity index (χ0) is 16.9. The molecule has 3 rings (SSSR count). The van der Waals surface area contributed by atoms with Gasteiger partial charge in [0.15, 0.2) is 0 Å². The topological polar surface area (TPSA) is 55.3 Å². The second kappa shape index (κ2) is 7.71. The number of carbonyl (C=O) groups is 1. The van der Waals surface area contributed by atoms with Crippen LogP contribution in [0.15, 0.2) is 24.3 Å². The van der Waals surface area contributed by atoms with Crippen molar-refractivity contribution in [3.63, 3.8) is 0 Å². The summed E-state index contributed by atoms with van der Waals surface area (Å²) in [5.41, 5.74) is 3.83. The van der Waals surface area contributed by atoms with Gasteiger partial charge in [0.1, 0.15) is 0 Å². The molecule has 0 amide bonds. The molecular formula is C19H25N3O2. The molecule has 1 atom stereocenters. The number of esters is 1. The van der Waals surface area contributed by atoms with Gasteiger partial charge in [0.2, 0.25) is 0 Å². The molecule has 1 aliphatic heterocycles. The molecule has 0 aliphatic carbocycles. The Balaban J connectivity index is 1.77. The lowest BCUT2D eigenvalue weighted by Crippen LogP contribution is -2.40. The van der Waals surface area contributed by atoms with Crippen LogP contribution in [0.1, 0.15) is 44.0 Å². The number of rotatable bonds is 5. The minimum Gasteiger partial charge on any atom is -0.466 e. The van der Waals surface area contributed by atoms with Crippen molar-refractivity contribution in [2.75, 3.05) is 13.2 Å². The largest absolute Gasteiger partial charge is 0.466 e. The summed E-state index contributed by atoms with van der Waals surface area (Å²) < 4.78 is 5.13. The van der Waals surface area contributed by atoms with Crippen LogP contribution in [0.5, 0.6) is 0 Å². The van der Waals surface area contributed by atoms with Gasteiger partial charge in [-0.25, -0.2) is 9.97 Å². The van der Waals surface area contributed by atoms with E-state index in [1.54, 1.807) is 0 Å². The molecule has 1 aliphatic rings. The predicted molar refractivity (Wildman–Crippen MR) is 93.6 cm³/mol. The molecule has 2 heterocycles. The second-order valence-electron chi connectivity index (χ2n) is 6.37. The van der Waals surface area contributed by atoms with E-state index < -0.39 is 0 Å². The van der Waals surface area contributed by atoms with Crippen LogP contribution >= 0.6 is 0 Å². The van der Waals surface area contributed by atoms with Crippen LogP contribution in [0.4, 0.5) is 0 Å². The van der Waals surface area contributed by atoms with Crippen LogP contribution in [0.2, 0.25) is 0 Å². The normalized spacial score (nSPS) is 18.7. The van der Waals surface area contributed by atoms with E-state index in [0.29, 0.717) is 13.0 Å². The maximum atomic E-state index is 11.9. The van der Waals surface area contributed by atoms with Gasteiger partial charge in [-0.1, -0.05) is 18.6 Å². The first kappa shape index (κ1) is 16.8. The Labute approximate surface area is 143 Å². The van der Waals surface area contributed by atoms with Crippen LogP contribution < -0.4 is 0 Å². The van der Waals surface area contributed by atoms with Crippen molar-refractivity contribution < 1.29 is 9.53 Å². The van der Waals surface area contributed by atoms with E-state index in [-0.39, 0.29) is 12.0 Å². The number of benzene rings is 1. The lowest BCUT2D eigenvalue weighted by molar-refractivity contribution is -0.145. The molecule has 0 bridgehead atoms. The maximum absolute atomic E-state index is 11.9. The summed E-state index contributed by atoms with van der Waals surface area (Å²) in [6.07, 6.45) is 3.84. The number of piperidine rings is 1. The molecule has 24 heavy (non-hydrogen) atoms. The highest BCUT2D eigenvalue weighted by Gasteiger charge is 2.26. The van der Waals surface area contributed by atoms with Crippen LogP contribution in [0, 0.1) is 6.92 Å². The Morgan fingerprint density at radius 3 is 2.75 bits per heavy atom. The van der Waals surface area contributed by atoms with E-state index in [9.17, 15) is 4.79 Å². The Kier molecular flexibility index (Phi) is 5.41. The number of fused-ring (bicyclic) bond motifs is 1. The van der Waals surface area contributed by atoms with Crippen molar-refractivity contribution in [2.45, 2.75) is 52.1 Å². The molecule has 5 heteroatoms. The van der Waals surface area contributed by atoms with Crippen molar-refractivity contribution in [1.29, 1.82) is 0 Å². The van der Waals surface area contributed by atoms with E-state index >= 15 is 0 Å². The number of carbonyl (C=O) groups excluding carboxylic acids is 1. The van der Waals surface area contributed by atoms with Gasteiger partial charge < -0.3 is 4.74 Å². The number of para-hydroxylation sites is 2. The van der Waals surface area contributed by atoms with Crippen molar-refractivity contribution in [1.82, 2.24) is 14.9 Å². The number of likely N-dealkylation sites (tertiary alicyclic amines) is 1. The number of hydrogen-bond acceptors (Lipinski definition) is 5. The summed E-state index contributed by atoms with van der Waals surface area (Å²) in [5, 5.41) is 0. The third kappa shape index (κ3) is 3.90. The zero-order valence-corrected chi connectivity index (χ0v) is 14.5. The summed E-state index contributed by atoms with van der Waals surface area (Å²) in [7, 11) is 0. The van der Waals surface area contributed by atoms with E-state index in [2.05, 4.69) is 9.88 Å². The van der Waals surface area contributed by atoms with Crippen LogP contribution in [-0.2, 0) is 16.1 Å². The van der Waals surface area contributed by atoms with Gasteiger partial charge in [-0.3, -0.25) is 9.69 Å². The Hall–Kier alpha value is -2.01. The maximum Gasteiger partial charge on any atom is 0.307 e. The van der Waals surface area contributed by atoms with Gasteiger partial charge in [0, 0.05) is 12.6 Å². The fraction of sp³-hybridized carbons (Fsp3) is 0.526. The number of hydrogen-bond donors (Lipinski definition) is 0. The highest BCUT2D eigenvalue weighted by molar-refractivity contribution is 5.74. The van der Waals surface area contributed by atoms with Crippen LogP contribution in [-0.4, -0.2) is 40.0 Å². The average molecular weight is 327 g/mol. The highest BCUT2D eigenvalue weighted by atomic mass is 16.5. The zero-order valence-electron chi connectivity index (χ0n) is 14.5. The van der Waals surface area contributed by atoms with Crippen molar-refractivity contribution >= 4 is 17.0 Å². The van der Waals surface area contributed by atoms with Gasteiger partial charge in [0.25, 0.3) is 0 Å². The van der Waals surface area contributed by atoms with Gasteiger partial charge in [-0.15, -0.1) is 0 Å². The first-order valence-corrected chi connectivity index (χ1v) is 8.79. The predicted octanol–water partition coefficient (Wildman–Crippen LogP) is 3.25. The van der Waals surface area contributed by atoms with Crippen LogP contribution in [0.25, 0.3) is 11.0 Å². The third-order valence-electron chi connectivity index (χ3n) is 4.65. The lowest BCUT2D eigenvalue weighted by atomic mass is 9.99. The standard InChI is InChI=1S/C19H25N3O2/c1-3-24-19(23)12-15-8-6-7-11-22(15)13-18-14(2)20-16-9-4-5-10-17(16)21-18/h4-5,9-10,15H,3,6-8,11-13H2,1-2H3/t15-/m1/s1. The van der Waals surface area contributed by atoms with Gasteiger partial charge in [-0.2, -0.15) is 0 Å². The first-order valence-electron chi connectivity index (χ1n) is 8.79. The fourth-order valence-corrected chi connectivity index (χ4v) is 3.38. The molecule has 1 aromatic carbocycles. The molecule has 128 valence electrons. The molecule has 0 spiro atoms. The van der Waals surface area contributed by atoms with Gasteiger partial charge in [0.05, 0.1) is 35.4 Å². The summed E-state index contributed by atoms with van der Waals surface area (Å²) in [6, 6.07) is 8.20. The first-order chi connectivity index (χ1) is 11.7. The Bertz CT molecular complexity index is 717. The molecule has 2 aromatic rings. The lowest BCUT2D eigenvalue weighted by Gasteiger charge is -2.35. The SMILES string of the molecule is CCOC(=O)C[C@H]1CCCCN1Cc1nc2ccccc2nc1C. The minimum atomic E-state index is -0.101. The van der Waals surface area contributed by atoms with Gasteiger partial charge >= 0.3 is 5.97 Å². The average Bonchev–Trinajstić information content (AvgIpc) is 2.57. The molecule has 0 radical (unpaired) electrons. The molecule has 1 fully saturated rings.